The Hall–Kier alpha value is -2.28. The van der Waals surface area contributed by atoms with E-state index in [1.54, 1.807) is 29.2 Å². The van der Waals surface area contributed by atoms with E-state index in [0.717, 1.165) is 10.1 Å². The van der Waals surface area contributed by atoms with Crippen LogP contribution in [0.5, 0.6) is 0 Å². The van der Waals surface area contributed by atoms with Gasteiger partial charge >= 0.3 is 0 Å². The largest absolute Gasteiger partial charge is 0.346 e. The summed E-state index contributed by atoms with van der Waals surface area (Å²) in [5, 5.41) is 11.5. The summed E-state index contributed by atoms with van der Waals surface area (Å²) < 4.78 is 15.9. The van der Waals surface area contributed by atoms with E-state index in [1.807, 2.05) is 13.8 Å². The standard InChI is InChI=1S/C16H17FN4OS/c1-10(2)13(9-21-6-5-18-20-21)19-16(22)15-8-11-7-12(17)3-4-14(11)23-15/h3-8,10,13H,9H2,1-2H3,(H,19,22)/t13-/m0/s1. The van der Waals surface area contributed by atoms with Crippen molar-refractivity contribution < 1.29 is 9.18 Å². The monoisotopic (exact) mass is 332 g/mol. The first-order valence-corrected chi connectivity index (χ1v) is 8.18. The number of nitrogens with one attached hydrogen (secondary N) is 1. The topological polar surface area (TPSA) is 59.8 Å². The van der Waals surface area contributed by atoms with Gasteiger partial charge in [-0.2, -0.15) is 0 Å². The van der Waals surface area contributed by atoms with Crippen LogP contribution in [0.25, 0.3) is 10.1 Å². The second-order valence-electron chi connectivity index (χ2n) is 5.74. The molecule has 23 heavy (non-hydrogen) atoms. The number of amides is 1. The molecule has 2 heterocycles. The van der Waals surface area contributed by atoms with E-state index in [2.05, 4.69) is 15.6 Å². The highest BCUT2D eigenvalue weighted by Crippen LogP contribution is 2.26. The van der Waals surface area contributed by atoms with Gasteiger partial charge in [0.05, 0.1) is 23.7 Å². The molecule has 1 aromatic carbocycles. The molecule has 3 aromatic rings. The maximum atomic E-state index is 13.3. The molecule has 0 saturated carbocycles. The summed E-state index contributed by atoms with van der Waals surface area (Å²) >= 11 is 1.36. The van der Waals surface area contributed by atoms with Crippen LogP contribution < -0.4 is 5.32 Å². The molecule has 0 spiro atoms. The maximum Gasteiger partial charge on any atom is 0.261 e. The van der Waals surface area contributed by atoms with E-state index in [-0.39, 0.29) is 23.7 Å². The molecule has 0 aliphatic carbocycles. The number of thiophene rings is 1. The van der Waals surface area contributed by atoms with Crippen LogP contribution in [0.4, 0.5) is 4.39 Å². The molecule has 0 bridgehead atoms. The van der Waals surface area contributed by atoms with Crippen LogP contribution in [0.15, 0.2) is 36.7 Å². The summed E-state index contributed by atoms with van der Waals surface area (Å²) in [7, 11) is 0. The molecular weight excluding hydrogens is 315 g/mol. The van der Waals surface area contributed by atoms with Crippen molar-refractivity contribution in [2.75, 3.05) is 0 Å². The maximum absolute atomic E-state index is 13.3. The molecule has 7 heteroatoms. The van der Waals surface area contributed by atoms with Gasteiger partial charge in [-0.3, -0.25) is 9.48 Å². The summed E-state index contributed by atoms with van der Waals surface area (Å²) in [6.07, 6.45) is 3.38. The van der Waals surface area contributed by atoms with Crippen LogP contribution in [0, 0.1) is 11.7 Å². The molecule has 0 fully saturated rings. The Bertz CT molecular complexity index is 813. The van der Waals surface area contributed by atoms with Gasteiger partial charge in [-0.05, 0) is 35.6 Å². The van der Waals surface area contributed by atoms with Gasteiger partial charge < -0.3 is 5.32 Å². The first kappa shape index (κ1) is 15.6. The van der Waals surface area contributed by atoms with Gasteiger partial charge in [0.2, 0.25) is 0 Å². The van der Waals surface area contributed by atoms with Crippen LogP contribution in [0.1, 0.15) is 23.5 Å². The number of carbonyl (C=O) groups is 1. The predicted molar refractivity (Wildman–Crippen MR) is 87.9 cm³/mol. The van der Waals surface area contributed by atoms with Crippen LogP contribution >= 0.6 is 11.3 Å². The van der Waals surface area contributed by atoms with Crippen LogP contribution in [0.2, 0.25) is 0 Å². The number of benzene rings is 1. The van der Waals surface area contributed by atoms with Crippen molar-refractivity contribution in [1.82, 2.24) is 20.3 Å². The molecule has 0 unspecified atom stereocenters. The summed E-state index contributed by atoms with van der Waals surface area (Å²) in [5.74, 6) is -0.200. The van der Waals surface area contributed by atoms with Crippen molar-refractivity contribution in [3.05, 3.63) is 47.4 Å². The fourth-order valence-corrected chi connectivity index (χ4v) is 3.27. The average molecular weight is 332 g/mol. The number of rotatable bonds is 5. The molecule has 0 radical (unpaired) electrons. The molecule has 1 N–H and O–H groups in total. The molecule has 2 aromatic heterocycles. The van der Waals surface area contributed by atoms with Gasteiger partial charge in [0.15, 0.2) is 0 Å². The Kier molecular flexibility index (Phi) is 4.38. The van der Waals surface area contributed by atoms with E-state index in [4.69, 9.17) is 0 Å². The normalized spacial score (nSPS) is 12.7. The van der Waals surface area contributed by atoms with Crippen molar-refractivity contribution >= 4 is 27.3 Å². The number of aromatic nitrogens is 3. The second-order valence-corrected chi connectivity index (χ2v) is 6.83. The molecule has 0 saturated heterocycles. The number of halogens is 1. The van der Waals surface area contributed by atoms with Crippen molar-refractivity contribution in [2.24, 2.45) is 5.92 Å². The Balaban J connectivity index is 1.77. The van der Waals surface area contributed by atoms with Gasteiger partial charge in [-0.25, -0.2) is 4.39 Å². The van der Waals surface area contributed by atoms with E-state index >= 15 is 0 Å². The SMILES string of the molecule is CC(C)[C@H](Cn1ccnn1)NC(=O)c1cc2cc(F)ccc2s1. The van der Waals surface area contributed by atoms with Crippen molar-refractivity contribution in [3.8, 4) is 0 Å². The quantitative estimate of drug-likeness (QED) is 0.781. The lowest BCUT2D eigenvalue weighted by Crippen LogP contribution is -2.41. The zero-order chi connectivity index (χ0) is 16.4. The number of hydrogen-bond acceptors (Lipinski definition) is 4. The minimum Gasteiger partial charge on any atom is -0.346 e. The third-order valence-corrected chi connectivity index (χ3v) is 4.79. The van der Waals surface area contributed by atoms with Crippen molar-refractivity contribution in [3.63, 3.8) is 0 Å². The number of fused-ring (bicyclic) bond motifs is 1. The Morgan fingerprint density at radius 2 is 2.22 bits per heavy atom. The molecule has 120 valence electrons. The molecule has 0 aliphatic heterocycles. The summed E-state index contributed by atoms with van der Waals surface area (Å²) in [6.45, 7) is 4.65. The lowest BCUT2D eigenvalue weighted by molar-refractivity contribution is 0.0923. The number of carbonyl (C=O) groups excluding carboxylic acids is 1. The van der Waals surface area contributed by atoms with Crippen LogP contribution in [0.3, 0.4) is 0 Å². The molecule has 3 rings (SSSR count). The molecule has 5 nitrogen and oxygen atoms in total. The second kappa shape index (κ2) is 6.45. The van der Waals surface area contributed by atoms with E-state index in [0.29, 0.717) is 11.4 Å². The minimum atomic E-state index is -0.298. The predicted octanol–water partition coefficient (Wildman–Crippen LogP) is 3.09. The van der Waals surface area contributed by atoms with Gasteiger partial charge in [0.1, 0.15) is 5.82 Å². The molecule has 1 atom stereocenters. The van der Waals surface area contributed by atoms with Crippen molar-refractivity contribution in [2.45, 2.75) is 26.4 Å². The highest BCUT2D eigenvalue weighted by Gasteiger charge is 2.19. The fourth-order valence-electron chi connectivity index (χ4n) is 2.32. The highest BCUT2D eigenvalue weighted by molar-refractivity contribution is 7.20. The Morgan fingerprint density at radius 1 is 1.39 bits per heavy atom. The minimum absolute atomic E-state index is 0.0638. The summed E-state index contributed by atoms with van der Waals surface area (Å²) in [6, 6.07) is 6.21. The van der Waals surface area contributed by atoms with Gasteiger partial charge in [0.25, 0.3) is 5.91 Å². The van der Waals surface area contributed by atoms with Crippen LogP contribution in [-0.4, -0.2) is 26.9 Å². The van der Waals surface area contributed by atoms with E-state index < -0.39 is 0 Å². The van der Waals surface area contributed by atoms with E-state index in [9.17, 15) is 9.18 Å². The van der Waals surface area contributed by atoms with Gasteiger partial charge in [-0.1, -0.05) is 19.1 Å². The Morgan fingerprint density at radius 3 is 2.91 bits per heavy atom. The summed E-state index contributed by atoms with van der Waals surface area (Å²) in [4.78, 5) is 13.1. The lowest BCUT2D eigenvalue weighted by atomic mass is 10.0. The molecular formula is C16H17FN4OS. The fraction of sp³-hybridized carbons (Fsp3) is 0.312. The van der Waals surface area contributed by atoms with Crippen molar-refractivity contribution in [1.29, 1.82) is 0 Å². The Labute approximate surface area is 137 Å². The van der Waals surface area contributed by atoms with Crippen LogP contribution in [-0.2, 0) is 6.54 Å². The first-order chi connectivity index (χ1) is 11.0. The zero-order valence-electron chi connectivity index (χ0n) is 12.9. The van der Waals surface area contributed by atoms with Gasteiger partial charge in [-0.15, -0.1) is 16.4 Å². The lowest BCUT2D eigenvalue weighted by Gasteiger charge is -2.21. The molecule has 1 amide bonds. The zero-order valence-corrected chi connectivity index (χ0v) is 13.7. The first-order valence-electron chi connectivity index (χ1n) is 7.37. The average Bonchev–Trinajstić information content (AvgIpc) is 3.14. The number of hydrogen-bond donors (Lipinski definition) is 1. The smallest absolute Gasteiger partial charge is 0.261 e. The number of nitrogens with zero attached hydrogens (tertiary/aromatic N) is 3. The van der Waals surface area contributed by atoms with E-state index in [1.165, 1.54) is 23.5 Å². The third-order valence-electron chi connectivity index (χ3n) is 3.68. The third kappa shape index (κ3) is 3.56. The van der Waals surface area contributed by atoms with Gasteiger partial charge in [0, 0.05) is 10.9 Å². The summed E-state index contributed by atoms with van der Waals surface area (Å²) in [5.41, 5.74) is 0. The molecule has 0 aliphatic rings. The highest BCUT2D eigenvalue weighted by atomic mass is 32.1.